The molecular formula is C51H69N13O6Si2. The summed E-state index contributed by atoms with van der Waals surface area (Å²) < 4.78 is 8.64. The van der Waals surface area contributed by atoms with E-state index in [2.05, 4.69) is 112 Å². The number of ether oxygens (including phenoxy) is 1. The van der Waals surface area contributed by atoms with Crippen molar-refractivity contribution in [3.63, 3.8) is 0 Å². The molecule has 0 unspecified atom stereocenters. The average molecular weight is 1020 g/mol. The molecule has 2 aromatic carbocycles. The molecule has 72 heavy (non-hydrogen) atoms. The molecule has 0 saturated carbocycles. The van der Waals surface area contributed by atoms with E-state index in [0.717, 1.165) is 49.9 Å². The molecule has 2 fully saturated rings. The van der Waals surface area contributed by atoms with Crippen LogP contribution in [-0.2, 0) is 19.1 Å². The fraction of sp³-hybridized carbons (Fsp3) is 0.490. The molecule has 3 aliphatic rings. The van der Waals surface area contributed by atoms with E-state index in [1.807, 2.05) is 72.7 Å². The van der Waals surface area contributed by atoms with Crippen molar-refractivity contribution in [1.29, 1.82) is 0 Å². The number of aliphatic hydroxyl groups excluding tert-OH is 1. The van der Waals surface area contributed by atoms with Crippen molar-refractivity contribution in [2.45, 2.75) is 122 Å². The maximum Gasteiger partial charge on any atom is 0.407 e. The summed E-state index contributed by atoms with van der Waals surface area (Å²) in [6.45, 7) is 21.0. The zero-order valence-corrected chi connectivity index (χ0v) is 45.3. The molecule has 2 saturated heterocycles. The lowest BCUT2D eigenvalue weighted by atomic mass is 9.95. The van der Waals surface area contributed by atoms with Crippen LogP contribution >= 0.6 is 0 Å². The van der Waals surface area contributed by atoms with Crippen molar-refractivity contribution >= 4 is 61.9 Å². The van der Waals surface area contributed by atoms with E-state index in [-0.39, 0.29) is 41.8 Å². The number of hydrogen-bond donors (Lipinski definition) is 4. The van der Waals surface area contributed by atoms with Gasteiger partial charge in [-0.05, 0) is 52.5 Å². The first kappa shape index (κ1) is 51.8. The number of imidazole rings is 1. The summed E-state index contributed by atoms with van der Waals surface area (Å²) in [4.78, 5) is 70.2. The minimum Gasteiger partial charge on any atom is -0.453 e. The lowest BCUT2D eigenvalue weighted by Gasteiger charge is -2.31. The summed E-state index contributed by atoms with van der Waals surface area (Å²) in [5, 5.41) is 35.0. The highest BCUT2D eigenvalue weighted by Crippen LogP contribution is 2.39. The number of methoxy groups -OCH3 is 1. The minimum atomic E-state index is -1.74. The Morgan fingerprint density at radius 1 is 0.722 bits per heavy atom. The van der Waals surface area contributed by atoms with Crippen LogP contribution in [-0.4, -0.2) is 145 Å². The molecule has 4 N–H and O–H groups in total. The van der Waals surface area contributed by atoms with Crippen molar-refractivity contribution in [3.8, 4) is 22.4 Å². The zero-order chi connectivity index (χ0) is 51.8. The Labute approximate surface area is 422 Å². The Hall–Kier alpha value is -6.59. The first-order valence-corrected chi connectivity index (χ1v) is 31.9. The zero-order valence-electron chi connectivity index (χ0n) is 43.3. The molecule has 8 rings (SSSR count). The van der Waals surface area contributed by atoms with Crippen molar-refractivity contribution < 1.29 is 29.0 Å². The van der Waals surface area contributed by atoms with E-state index >= 15 is 0 Å². The highest BCUT2D eigenvalue weighted by Gasteiger charge is 2.45. The highest BCUT2D eigenvalue weighted by atomic mass is 28.3. The van der Waals surface area contributed by atoms with Gasteiger partial charge in [-0.15, -0.1) is 10.2 Å². The number of hydrogen-bond acceptors (Lipinski definition) is 12. The fourth-order valence-corrected chi connectivity index (χ4v) is 11.4. The molecule has 19 nitrogen and oxygen atoms in total. The molecule has 3 aliphatic heterocycles. The third-order valence-corrected chi connectivity index (χ3v) is 17.6. The molecular weight excluding hydrogens is 947 g/mol. The number of amides is 4. The van der Waals surface area contributed by atoms with Crippen LogP contribution in [0.5, 0.6) is 0 Å². The Kier molecular flexibility index (Phi) is 15.0. The van der Waals surface area contributed by atoms with Gasteiger partial charge in [0.25, 0.3) is 0 Å². The van der Waals surface area contributed by atoms with E-state index in [4.69, 9.17) is 14.7 Å². The van der Waals surface area contributed by atoms with Gasteiger partial charge in [0.2, 0.25) is 17.7 Å². The second-order valence-corrected chi connectivity index (χ2v) is 32.1. The predicted molar refractivity (Wildman–Crippen MR) is 281 cm³/mol. The van der Waals surface area contributed by atoms with Gasteiger partial charge in [0, 0.05) is 43.8 Å². The standard InChI is InChI=1S/C51H69N13O6Si2/c1-30(2)46(55-43(66)29-65)49(67)62-26-38(64-28-45(58-60-64)72(9,10)11)22-42(62)48-53-24-40(54-48)35-18-16-33(17-19-35)32-12-14-34(15-13-32)36-20-39(52-23-36)41-21-37(63-27-44(57-59-63)71(6,7)8)25-61(41)50(68)47(31(3)4)56-51(69)70-5/h12-19,23-24,27-28,30-31,37-38,41-42,46-47,65H,20-22,25-26,29H2,1-11H3,(H,53,54)(H,55,66)(H,56,69)/t37-,38-,41+,42+,46+,47+/m1/s1. The van der Waals surface area contributed by atoms with E-state index in [9.17, 15) is 24.3 Å². The van der Waals surface area contributed by atoms with E-state index in [1.165, 1.54) is 7.11 Å². The lowest BCUT2D eigenvalue weighted by molar-refractivity contribution is -0.139. The molecule has 0 bridgehead atoms. The number of carbonyl (C=O) groups is 4. The van der Waals surface area contributed by atoms with Crippen LogP contribution in [0.25, 0.3) is 28.0 Å². The molecule has 4 amide bonds. The van der Waals surface area contributed by atoms with Crippen LogP contribution in [0.2, 0.25) is 39.3 Å². The molecule has 6 atom stereocenters. The number of benzene rings is 2. The summed E-state index contributed by atoms with van der Waals surface area (Å²) in [6, 6.07) is 14.0. The molecule has 0 aliphatic carbocycles. The van der Waals surface area contributed by atoms with Gasteiger partial charge in [-0.3, -0.25) is 19.4 Å². The summed E-state index contributed by atoms with van der Waals surface area (Å²) in [5.41, 5.74) is 6.77. The van der Waals surface area contributed by atoms with Crippen LogP contribution in [0.15, 0.2) is 78.3 Å². The minimum absolute atomic E-state index is 0.108. The van der Waals surface area contributed by atoms with Crippen molar-refractivity contribution in [3.05, 3.63) is 84.7 Å². The van der Waals surface area contributed by atoms with Gasteiger partial charge in [0.15, 0.2) is 0 Å². The van der Waals surface area contributed by atoms with Gasteiger partial charge in [-0.25, -0.2) is 19.1 Å². The Morgan fingerprint density at radius 2 is 1.21 bits per heavy atom. The fourth-order valence-electron chi connectivity index (χ4n) is 9.66. The largest absolute Gasteiger partial charge is 0.453 e. The third-order valence-electron chi connectivity index (χ3n) is 14.1. The first-order valence-electron chi connectivity index (χ1n) is 24.9. The number of aromatic nitrogens is 8. The highest BCUT2D eigenvalue weighted by molar-refractivity contribution is 6.88. The summed E-state index contributed by atoms with van der Waals surface area (Å²) >= 11 is 0. The SMILES string of the molecule is COC(=O)N[C@H](C(=O)N1C[C@H](n2cc([Si](C)(C)C)nn2)C[C@H]1C1=NC=C(c2ccc(-c3ccc(-c4cnc([C@@H]5C[C@@H](n6cc([Si](C)(C)C)nn6)CN5C(=O)[C@@H](NC(=O)CO)C(C)C)[nH]4)cc3)cc2)C1)C(C)C. The number of nitrogens with zero attached hydrogens (tertiary/aromatic N) is 10. The summed E-state index contributed by atoms with van der Waals surface area (Å²) in [7, 11) is -2.16. The van der Waals surface area contributed by atoms with Gasteiger partial charge in [-0.2, -0.15) is 0 Å². The van der Waals surface area contributed by atoms with Gasteiger partial charge >= 0.3 is 6.09 Å². The van der Waals surface area contributed by atoms with Gasteiger partial charge < -0.3 is 35.3 Å². The van der Waals surface area contributed by atoms with Crippen LogP contribution in [0.4, 0.5) is 4.79 Å². The predicted octanol–water partition coefficient (Wildman–Crippen LogP) is 5.07. The van der Waals surface area contributed by atoms with Crippen LogP contribution in [0.1, 0.15) is 76.5 Å². The van der Waals surface area contributed by atoms with E-state index in [1.54, 1.807) is 11.1 Å². The Balaban J connectivity index is 0.962. The average Bonchev–Trinajstić information content (AvgIpc) is 4.21. The lowest BCUT2D eigenvalue weighted by Crippen LogP contribution is -2.53. The number of aliphatic hydroxyl groups is 1. The third kappa shape index (κ3) is 11.1. The van der Waals surface area contributed by atoms with E-state index < -0.39 is 52.9 Å². The van der Waals surface area contributed by atoms with Gasteiger partial charge in [0.05, 0.1) is 53.8 Å². The van der Waals surface area contributed by atoms with Crippen molar-refractivity contribution in [2.24, 2.45) is 16.8 Å². The van der Waals surface area contributed by atoms with Crippen LogP contribution in [0.3, 0.4) is 0 Å². The summed E-state index contributed by atoms with van der Waals surface area (Å²) in [6.07, 6.45) is 8.80. The topological polar surface area (TPSA) is 231 Å². The maximum atomic E-state index is 14.3. The van der Waals surface area contributed by atoms with E-state index in [0.29, 0.717) is 38.2 Å². The molecule has 3 aromatic heterocycles. The van der Waals surface area contributed by atoms with Gasteiger partial charge in [-0.1, -0.05) is 126 Å². The Bertz CT molecular complexity index is 2840. The normalized spacial score (nSPS) is 20.2. The maximum absolute atomic E-state index is 14.3. The Morgan fingerprint density at radius 3 is 1.69 bits per heavy atom. The van der Waals surface area contributed by atoms with Crippen LogP contribution in [0, 0.1) is 11.8 Å². The van der Waals surface area contributed by atoms with Crippen molar-refractivity contribution in [1.82, 2.24) is 60.4 Å². The smallest absolute Gasteiger partial charge is 0.407 e. The molecule has 6 heterocycles. The monoisotopic (exact) mass is 1020 g/mol. The number of alkyl carbamates (subject to hydrolysis) is 1. The number of aromatic amines is 1. The summed E-state index contributed by atoms with van der Waals surface area (Å²) in [5.74, 6) is -0.808. The molecule has 0 spiro atoms. The number of allylic oxidation sites excluding steroid dienone is 1. The first-order chi connectivity index (χ1) is 34.1. The molecule has 21 heteroatoms. The number of rotatable bonds is 16. The molecule has 0 radical (unpaired) electrons. The number of aliphatic imine (C=N–C) groups is 1. The number of nitrogens with one attached hydrogen (secondary N) is 3. The molecule has 382 valence electrons. The van der Waals surface area contributed by atoms with Crippen LogP contribution < -0.4 is 21.3 Å². The van der Waals surface area contributed by atoms with Gasteiger partial charge in [0.1, 0.15) is 40.7 Å². The van der Waals surface area contributed by atoms with Crippen molar-refractivity contribution in [2.75, 3.05) is 26.8 Å². The number of carbonyl (C=O) groups excluding carboxylic acids is 4. The molecule has 5 aromatic rings. The number of H-pyrrole nitrogens is 1. The second kappa shape index (κ2) is 20.9. The second-order valence-electron chi connectivity index (χ2n) is 22.1. The number of likely N-dealkylation sites (tertiary alicyclic amines) is 2. The quantitative estimate of drug-likeness (QED) is 0.0954.